The Kier molecular flexibility index (Phi) is 7.89. The number of aromatic nitrogens is 1. The molecule has 1 aromatic heterocycles. The minimum atomic E-state index is -2.35. The molecule has 0 saturated carbocycles. The van der Waals surface area contributed by atoms with E-state index in [9.17, 15) is 0 Å². The quantitative estimate of drug-likeness (QED) is 0.489. The molecule has 0 fully saturated rings. The fourth-order valence-corrected chi connectivity index (χ4v) is 3.93. The molecule has 0 bridgehead atoms. The van der Waals surface area contributed by atoms with Crippen molar-refractivity contribution in [2.24, 2.45) is 0 Å². The first-order valence-electron chi connectivity index (χ1n) is 6.80. The predicted molar refractivity (Wildman–Crippen MR) is 78.0 cm³/mol. The lowest BCUT2D eigenvalue weighted by Crippen LogP contribution is -2.42. The monoisotopic (exact) mass is 283 g/mol. The van der Waals surface area contributed by atoms with Crippen LogP contribution in [-0.4, -0.2) is 35.1 Å². The SMILES string of the molecule is CO[Si](CCCCCCc1ccncc1)(OC)OC. The van der Waals surface area contributed by atoms with Crippen molar-refractivity contribution in [1.29, 1.82) is 0 Å². The second-order valence-corrected chi connectivity index (χ2v) is 7.66. The van der Waals surface area contributed by atoms with E-state index in [4.69, 9.17) is 13.3 Å². The molecule has 0 saturated heterocycles. The van der Waals surface area contributed by atoms with Gasteiger partial charge in [-0.05, 0) is 37.0 Å². The summed E-state index contributed by atoms with van der Waals surface area (Å²) in [5.41, 5.74) is 1.37. The molecule has 1 heterocycles. The third-order valence-corrected chi connectivity index (χ3v) is 6.21. The number of unbranched alkanes of at least 4 members (excludes halogenated alkanes) is 3. The minimum absolute atomic E-state index is 0.895. The minimum Gasteiger partial charge on any atom is -0.377 e. The first kappa shape index (κ1) is 16.3. The van der Waals surface area contributed by atoms with Crippen LogP contribution in [0.25, 0.3) is 0 Å². The molecule has 19 heavy (non-hydrogen) atoms. The van der Waals surface area contributed by atoms with E-state index in [1.54, 1.807) is 21.3 Å². The van der Waals surface area contributed by atoms with Crippen LogP contribution in [0.5, 0.6) is 0 Å². The van der Waals surface area contributed by atoms with Crippen molar-refractivity contribution in [2.45, 2.75) is 38.1 Å². The second-order valence-electron chi connectivity index (χ2n) is 4.57. The van der Waals surface area contributed by atoms with E-state index in [0.717, 1.165) is 18.9 Å². The first-order valence-corrected chi connectivity index (χ1v) is 8.74. The summed E-state index contributed by atoms with van der Waals surface area (Å²) in [6, 6.07) is 5.06. The normalized spacial score (nSPS) is 11.7. The van der Waals surface area contributed by atoms with Crippen LogP contribution in [0.3, 0.4) is 0 Å². The molecular weight excluding hydrogens is 258 g/mol. The van der Waals surface area contributed by atoms with Gasteiger partial charge in [-0.1, -0.05) is 12.8 Å². The van der Waals surface area contributed by atoms with Crippen LogP contribution in [-0.2, 0) is 19.7 Å². The third kappa shape index (κ3) is 5.82. The Morgan fingerprint density at radius 3 is 2.05 bits per heavy atom. The molecule has 0 aliphatic carbocycles. The topological polar surface area (TPSA) is 40.6 Å². The standard InChI is InChI=1S/C14H25NO3Si/c1-16-19(17-2,18-3)13-7-5-4-6-8-14-9-11-15-12-10-14/h9-12H,4-8,13H2,1-3H3. The molecule has 0 radical (unpaired) electrons. The number of hydrogen-bond acceptors (Lipinski definition) is 4. The van der Waals surface area contributed by atoms with Gasteiger partial charge >= 0.3 is 8.80 Å². The van der Waals surface area contributed by atoms with Crippen LogP contribution < -0.4 is 0 Å². The summed E-state index contributed by atoms with van der Waals surface area (Å²) in [4.78, 5) is 4.02. The summed E-state index contributed by atoms with van der Waals surface area (Å²) in [6.45, 7) is 0. The van der Waals surface area contributed by atoms with Crippen LogP contribution in [0.2, 0.25) is 6.04 Å². The summed E-state index contributed by atoms with van der Waals surface area (Å²) >= 11 is 0. The molecule has 0 aliphatic heterocycles. The maximum atomic E-state index is 5.40. The van der Waals surface area contributed by atoms with Crippen molar-refractivity contribution in [3.05, 3.63) is 30.1 Å². The largest absolute Gasteiger partial charge is 0.500 e. The number of rotatable bonds is 10. The highest BCUT2D eigenvalue weighted by atomic mass is 28.4. The van der Waals surface area contributed by atoms with Crippen LogP contribution in [0.1, 0.15) is 31.2 Å². The van der Waals surface area contributed by atoms with E-state index in [1.807, 2.05) is 12.4 Å². The molecule has 108 valence electrons. The molecule has 1 aromatic rings. The Bertz CT molecular complexity index is 322. The van der Waals surface area contributed by atoms with Crippen molar-refractivity contribution in [1.82, 2.24) is 4.98 Å². The molecule has 0 N–H and O–H groups in total. The van der Waals surface area contributed by atoms with Gasteiger partial charge in [-0.3, -0.25) is 4.98 Å². The average Bonchev–Trinajstić information content (AvgIpc) is 2.48. The van der Waals surface area contributed by atoms with Gasteiger partial charge in [0.05, 0.1) is 0 Å². The Hall–Kier alpha value is -0.753. The Morgan fingerprint density at radius 2 is 1.47 bits per heavy atom. The van der Waals surface area contributed by atoms with Crippen molar-refractivity contribution in [2.75, 3.05) is 21.3 Å². The summed E-state index contributed by atoms with van der Waals surface area (Å²) < 4.78 is 16.2. The van der Waals surface area contributed by atoms with E-state index in [-0.39, 0.29) is 0 Å². The Balaban J connectivity index is 2.11. The third-order valence-electron chi connectivity index (χ3n) is 3.38. The van der Waals surface area contributed by atoms with E-state index in [1.165, 1.54) is 24.8 Å². The van der Waals surface area contributed by atoms with Gasteiger partial charge in [0.25, 0.3) is 0 Å². The molecule has 0 spiro atoms. The van der Waals surface area contributed by atoms with Crippen LogP contribution >= 0.6 is 0 Å². The molecular formula is C14H25NO3Si. The first-order chi connectivity index (χ1) is 9.26. The maximum Gasteiger partial charge on any atom is 0.500 e. The van der Waals surface area contributed by atoms with E-state index >= 15 is 0 Å². The summed E-state index contributed by atoms with van der Waals surface area (Å²) in [5, 5.41) is 0. The summed E-state index contributed by atoms with van der Waals surface area (Å²) in [5.74, 6) is 0. The van der Waals surface area contributed by atoms with Crippen molar-refractivity contribution < 1.29 is 13.3 Å². The fraction of sp³-hybridized carbons (Fsp3) is 0.643. The van der Waals surface area contributed by atoms with Crippen molar-refractivity contribution >= 4 is 8.80 Å². The van der Waals surface area contributed by atoms with Crippen molar-refractivity contribution in [3.63, 3.8) is 0 Å². The number of aryl methyl sites for hydroxylation is 1. The molecule has 1 rings (SSSR count). The van der Waals surface area contributed by atoms with Gasteiger partial charge < -0.3 is 13.3 Å². The fourth-order valence-electron chi connectivity index (χ4n) is 2.13. The van der Waals surface area contributed by atoms with Gasteiger partial charge in [0, 0.05) is 39.8 Å². The number of pyridine rings is 1. The highest BCUT2D eigenvalue weighted by Gasteiger charge is 2.36. The molecule has 0 aliphatic rings. The van der Waals surface area contributed by atoms with Gasteiger partial charge in [-0.2, -0.15) is 0 Å². The summed E-state index contributed by atoms with van der Waals surface area (Å²) in [6.07, 6.45) is 9.56. The zero-order chi connectivity index (χ0) is 14.0. The molecule has 0 aromatic carbocycles. The molecule has 4 nitrogen and oxygen atoms in total. The van der Waals surface area contributed by atoms with E-state index < -0.39 is 8.80 Å². The summed E-state index contributed by atoms with van der Waals surface area (Å²) in [7, 11) is 2.66. The second kappa shape index (κ2) is 9.20. The Morgan fingerprint density at radius 1 is 0.895 bits per heavy atom. The number of nitrogens with zero attached hydrogens (tertiary/aromatic N) is 1. The smallest absolute Gasteiger partial charge is 0.377 e. The van der Waals surface area contributed by atoms with Gasteiger partial charge in [0.2, 0.25) is 0 Å². The molecule has 0 amide bonds. The van der Waals surface area contributed by atoms with Gasteiger partial charge in [0.15, 0.2) is 0 Å². The predicted octanol–water partition coefficient (Wildman–Crippen LogP) is 3.06. The Labute approximate surface area is 117 Å². The molecule has 0 unspecified atom stereocenters. The van der Waals surface area contributed by atoms with Crippen LogP contribution in [0, 0.1) is 0 Å². The van der Waals surface area contributed by atoms with Gasteiger partial charge in [0.1, 0.15) is 0 Å². The lowest BCUT2D eigenvalue weighted by Gasteiger charge is -2.24. The molecule has 5 heteroatoms. The molecule has 0 atom stereocenters. The number of hydrogen-bond donors (Lipinski definition) is 0. The van der Waals surface area contributed by atoms with Gasteiger partial charge in [-0.25, -0.2) is 0 Å². The van der Waals surface area contributed by atoms with Crippen LogP contribution in [0.4, 0.5) is 0 Å². The average molecular weight is 283 g/mol. The maximum absolute atomic E-state index is 5.40. The van der Waals surface area contributed by atoms with E-state index in [2.05, 4.69) is 17.1 Å². The zero-order valence-electron chi connectivity index (χ0n) is 12.2. The van der Waals surface area contributed by atoms with Crippen LogP contribution in [0.15, 0.2) is 24.5 Å². The highest BCUT2D eigenvalue weighted by molar-refractivity contribution is 6.60. The lowest BCUT2D eigenvalue weighted by molar-refractivity contribution is 0.122. The van der Waals surface area contributed by atoms with E-state index in [0.29, 0.717) is 0 Å². The van der Waals surface area contributed by atoms with Crippen molar-refractivity contribution in [3.8, 4) is 0 Å². The lowest BCUT2D eigenvalue weighted by atomic mass is 10.1. The zero-order valence-corrected chi connectivity index (χ0v) is 13.2. The van der Waals surface area contributed by atoms with Gasteiger partial charge in [-0.15, -0.1) is 0 Å². The highest BCUT2D eigenvalue weighted by Crippen LogP contribution is 2.18.